The van der Waals surface area contributed by atoms with Gasteiger partial charge in [0.25, 0.3) is 0 Å². The Kier molecular flexibility index (Phi) is 4.54. The molecule has 1 heterocycles. The van der Waals surface area contributed by atoms with Crippen molar-refractivity contribution in [3.8, 4) is 0 Å². The maximum absolute atomic E-state index is 12.2. The number of piperazine rings is 1. The van der Waals surface area contributed by atoms with Crippen LogP contribution in [-0.2, 0) is 9.59 Å². The van der Waals surface area contributed by atoms with E-state index in [0.29, 0.717) is 12.8 Å². The van der Waals surface area contributed by atoms with Gasteiger partial charge in [-0.15, -0.1) is 0 Å². The standard InChI is InChI=1S/C13H24N2O2/c1-5-10(6-2)15-11(16)9-14-12(17)13(15,7-3)8-4/h10H,5-9H2,1-4H3,(H,14,17). The normalized spacial score (nSPS) is 19.7. The molecule has 0 aromatic heterocycles. The summed E-state index contributed by atoms with van der Waals surface area (Å²) in [5.41, 5.74) is -0.633. The fourth-order valence-corrected chi connectivity index (χ4v) is 2.87. The van der Waals surface area contributed by atoms with Crippen LogP contribution in [0.4, 0.5) is 0 Å². The lowest BCUT2D eigenvalue weighted by molar-refractivity contribution is -0.158. The van der Waals surface area contributed by atoms with Crippen molar-refractivity contribution in [2.75, 3.05) is 6.54 Å². The van der Waals surface area contributed by atoms with E-state index in [9.17, 15) is 9.59 Å². The molecular weight excluding hydrogens is 216 g/mol. The fourth-order valence-electron chi connectivity index (χ4n) is 2.87. The predicted octanol–water partition coefficient (Wildman–Crippen LogP) is 1.69. The lowest BCUT2D eigenvalue weighted by atomic mass is 9.85. The summed E-state index contributed by atoms with van der Waals surface area (Å²) in [7, 11) is 0. The second kappa shape index (κ2) is 5.52. The molecule has 2 amide bonds. The van der Waals surface area contributed by atoms with Crippen molar-refractivity contribution >= 4 is 11.8 Å². The molecule has 4 heteroatoms. The molecule has 0 radical (unpaired) electrons. The van der Waals surface area contributed by atoms with E-state index in [-0.39, 0.29) is 24.4 Å². The van der Waals surface area contributed by atoms with Crippen molar-refractivity contribution in [3.63, 3.8) is 0 Å². The quantitative estimate of drug-likeness (QED) is 0.795. The Balaban J connectivity index is 3.16. The molecule has 0 spiro atoms. The molecule has 0 aliphatic carbocycles. The van der Waals surface area contributed by atoms with Gasteiger partial charge >= 0.3 is 0 Å². The van der Waals surface area contributed by atoms with E-state index in [1.807, 2.05) is 18.7 Å². The zero-order chi connectivity index (χ0) is 13.1. The molecule has 1 aliphatic rings. The van der Waals surface area contributed by atoms with Crippen LogP contribution in [0.2, 0.25) is 0 Å². The summed E-state index contributed by atoms with van der Waals surface area (Å²) in [4.78, 5) is 26.2. The lowest BCUT2D eigenvalue weighted by Gasteiger charge is -2.48. The molecule has 0 atom stereocenters. The van der Waals surface area contributed by atoms with Crippen LogP contribution in [0.3, 0.4) is 0 Å². The first-order valence-corrected chi connectivity index (χ1v) is 6.67. The molecule has 98 valence electrons. The SMILES string of the molecule is CCC(CC)N1C(=O)CNC(=O)C1(CC)CC. The summed E-state index contributed by atoms with van der Waals surface area (Å²) >= 11 is 0. The topological polar surface area (TPSA) is 49.4 Å². The Hall–Kier alpha value is -1.06. The summed E-state index contributed by atoms with van der Waals surface area (Å²) in [6, 6.07) is 0.174. The zero-order valence-electron chi connectivity index (χ0n) is 11.4. The van der Waals surface area contributed by atoms with Crippen LogP contribution in [0.25, 0.3) is 0 Å². The molecule has 4 nitrogen and oxygen atoms in total. The van der Waals surface area contributed by atoms with Crippen LogP contribution >= 0.6 is 0 Å². The number of amides is 2. The van der Waals surface area contributed by atoms with Gasteiger partial charge in [0.15, 0.2) is 0 Å². The number of rotatable bonds is 5. The molecule has 0 saturated carbocycles. The number of carbonyl (C=O) groups excluding carboxylic acids is 2. The molecule has 1 rings (SSSR count). The van der Waals surface area contributed by atoms with Crippen LogP contribution < -0.4 is 5.32 Å². The minimum absolute atomic E-state index is 0.00833. The number of hydrogen-bond donors (Lipinski definition) is 1. The molecule has 0 unspecified atom stereocenters. The number of nitrogens with one attached hydrogen (secondary N) is 1. The van der Waals surface area contributed by atoms with Crippen molar-refractivity contribution in [1.29, 1.82) is 0 Å². The smallest absolute Gasteiger partial charge is 0.246 e. The third-order valence-corrected chi connectivity index (χ3v) is 4.03. The molecule has 0 bridgehead atoms. The second-order valence-corrected chi connectivity index (χ2v) is 4.66. The van der Waals surface area contributed by atoms with Crippen LogP contribution in [0, 0.1) is 0 Å². The summed E-state index contributed by atoms with van der Waals surface area (Å²) in [5, 5.41) is 2.73. The third-order valence-electron chi connectivity index (χ3n) is 4.03. The van der Waals surface area contributed by atoms with E-state index in [2.05, 4.69) is 19.2 Å². The molecular formula is C13H24N2O2. The van der Waals surface area contributed by atoms with E-state index in [1.165, 1.54) is 0 Å². The Morgan fingerprint density at radius 2 is 1.71 bits per heavy atom. The first-order valence-electron chi connectivity index (χ1n) is 6.67. The summed E-state index contributed by atoms with van der Waals surface area (Å²) in [6.45, 7) is 8.26. The zero-order valence-corrected chi connectivity index (χ0v) is 11.4. The van der Waals surface area contributed by atoms with Crippen LogP contribution in [0.1, 0.15) is 53.4 Å². The largest absolute Gasteiger partial charge is 0.345 e. The molecule has 0 aromatic carbocycles. The van der Waals surface area contributed by atoms with Crippen LogP contribution in [-0.4, -0.2) is 34.8 Å². The average Bonchev–Trinajstić information content (AvgIpc) is 2.36. The van der Waals surface area contributed by atoms with Gasteiger partial charge in [0.1, 0.15) is 5.54 Å². The molecule has 1 saturated heterocycles. The van der Waals surface area contributed by atoms with Gasteiger partial charge in [0.05, 0.1) is 6.54 Å². The Morgan fingerprint density at radius 1 is 1.18 bits per heavy atom. The van der Waals surface area contributed by atoms with Crippen molar-refractivity contribution in [2.45, 2.75) is 65.0 Å². The van der Waals surface area contributed by atoms with E-state index >= 15 is 0 Å². The van der Waals surface area contributed by atoms with E-state index in [1.54, 1.807) is 0 Å². The van der Waals surface area contributed by atoms with Gasteiger partial charge in [0.2, 0.25) is 11.8 Å². The maximum atomic E-state index is 12.2. The minimum Gasteiger partial charge on any atom is -0.345 e. The second-order valence-electron chi connectivity index (χ2n) is 4.66. The van der Waals surface area contributed by atoms with Gasteiger partial charge in [-0.05, 0) is 25.7 Å². The van der Waals surface area contributed by atoms with Gasteiger partial charge in [0, 0.05) is 6.04 Å². The highest BCUT2D eigenvalue weighted by molar-refractivity contribution is 5.98. The summed E-state index contributed by atoms with van der Waals surface area (Å²) in [5.74, 6) is 0.0657. The first kappa shape index (κ1) is 14.0. The van der Waals surface area contributed by atoms with Gasteiger partial charge in [-0.2, -0.15) is 0 Å². The molecule has 0 aromatic rings. The van der Waals surface area contributed by atoms with Gasteiger partial charge in [-0.1, -0.05) is 27.7 Å². The van der Waals surface area contributed by atoms with Crippen LogP contribution in [0.5, 0.6) is 0 Å². The van der Waals surface area contributed by atoms with E-state index in [0.717, 1.165) is 12.8 Å². The van der Waals surface area contributed by atoms with Crippen molar-refractivity contribution in [1.82, 2.24) is 10.2 Å². The van der Waals surface area contributed by atoms with Crippen molar-refractivity contribution in [3.05, 3.63) is 0 Å². The van der Waals surface area contributed by atoms with E-state index < -0.39 is 5.54 Å². The highest BCUT2D eigenvalue weighted by atomic mass is 16.2. The van der Waals surface area contributed by atoms with Crippen molar-refractivity contribution < 1.29 is 9.59 Å². The number of nitrogens with zero attached hydrogens (tertiary/aromatic N) is 1. The number of hydrogen-bond acceptors (Lipinski definition) is 2. The average molecular weight is 240 g/mol. The first-order chi connectivity index (χ1) is 8.07. The van der Waals surface area contributed by atoms with Crippen molar-refractivity contribution in [2.24, 2.45) is 0 Å². The molecule has 1 fully saturated rings. The Bertz CT molecular complexity index is 294. The Labute approximate surface area is 104 Å². The monoisotopic (exact) mass is 240 g/mol. The Morgan fingerprint density at radius 3 is 2.12 bits per heavy atom. The lowest BCUT2D eigenvalue weighted by Crippen LogP contribution is -2.69. The highest BCUT2D eigenvalue weighted by Crippen LogP contribution is 2.31. The number of carbonyl (C=O) groups is 2. The molecule has 1 N–H and O–H groups in total. The summed E-state index contributed by atoms with van der Waals surface area (Å²) < 4.78 is 0. The van der Waals surface area contributed by atoms with Gasteiger partial charge in [-0.25, -0.2) is 0 Å². The van der Waals surface area contributed by atoms with E-state index in [4.69, 9.17) is 0 Å². The van der Waals surface area contributed by atoms with Crippen LogP contribution in [0.15, 0.2) is 0 Å². The fraction of sp³-hybridized carbons (Fsp3) is 0.846. The minimum atomic E-state index is -0.633. The summed E-state index contributed by atoms with van der Waals surface area (Å²) in [6.07, 6.45) is 3.16. The molecule has 17 heavy (non-hydrogen) atoms. The third kappa shape index (κ3) is 2.17. The maximum Gasteiger partial charge on any atom is 0.246 e. The van der Waals surface area contributed by atoms with Gasteiger partial charge < -0.3 is 10.2 Å². The predicted molar refractivity (Wildman–Crippen MR) is 67.5 cm³/mol. The highest BCUT2D eigenvalue weighted by Gasteiger charge is 2.48. The van der Waals surface area contributed by atoms with Gasteiger partial charge in [-0.3, -0.25) is 9.59 Å². The molecule has 1 aliphatic heterocycles.